The number of hydrogen-bond acceptors (Lipinski definition) is 4. The number of aromatic nitrogens is 1. The first-order chi connectivity index (χ1) is 8.58. The number of carbonyl (C=O) groups is 2. The molecule has 1 heterocycles. The van der Waals surface area contributed by atoms with Crippen molar-refractivity contribution >= 4 is 28.9 Å². The first kappa shape index (κ1) is 12.2. The highest BCUT2D eigenvalue weighted by molar-refractivity contribution is 7.07. The number of benzene rings is 1. The van der Waals surface area contributed by atoms with Crippen molar-refractivity contribution in [3.63, 3.8) is 0 Å². The molecule has 2 aromatic rings. The third-order valence-corrected chi connectivity index (χ3v) is 2.72. The zero-order chi connectivity index (χ0) is 13.1. The smallest absolute Gasteiger partial charge is 0.335 e. The summed E-state index contributed by atoms with van der Waals surface area (Å²) in [6, 6.07) is 3.25. The average Bonchev–Trinajstić information content (AvgIpc) is 2.85. The summed E-state index contributed by atoms with van der Waals surface area (Å²) in [5.74, 6) is -2.58. The van der Waals surface area contributed by atoms with Crippen LogP contribution in [0.25, 0.3) is 0 Å². The minimum absolute atomic E-state index is 0.0852. The van der Waals surface area contributed by atoms with E-state index in [4.69, 9.17) is 5.11 Å². The summed E-state index contributed by atoms with van der Waals surface area (Å²) in [4.78, 5) is 26.0. The van der Waals surface area contributed by atoms with Crippen molar-refractivity contribution in [3.05, 3.63) is 46.2 Å². The van der Waals surface area contributed by atoms with Gasteiger partial charge in [0.2, 0.25) is 0 Å². The molecule has 0 radical (unpaired) electrons. The molecule has 18 heavy (non-hydrogen) atoms. The second-order valence-electron chi connectivity index (χ2n) is 3.33. The largest absolute Gasteiger partial charge is 0.478 e. The topological polar surface area (TPSA) is 79.3 Å². The molecule has 5 nitrogen and oxygen atoms in total. The Morgan fingerprint density at radius 2 is 2.17 bits per heavy atom. The van der Waals surface area contributed by atoms with Gasteiger partial charge in [0.05, 0.1) is 16.8 Å². The van der Waals surface area contributed by atoms with E-state index in [1.165, 1.54) is 34.4 Å². The number of halogens is 1. The number of carboxylic acid groups (broad SMARTS) is 1. The van der Waals surface area contributed by atoms with Crippen molar-refractivity contribution in [1.82, 2.24) is 4.98 Å². The lowest BCUT2D eigenvalue weighted by Crippen LogP contribution is -2.13. The van der Waals surface area contributed by atoms with Gasteiger partial charge in [-0.05, 0) is 18.2 Å². The zero-order valence-electron chi connectivity index (χ0n) is 8.88. The number of hydrogen-bond donors (Lipinski definition) is 2. The average molecular weight is 266 g/mol. The van der Waals surface area contributed by atoms with Crippen molar-refractivity contribution in [3.8, 4) is 0 Å². The number of carboxylic acids is 1. The molecule has 2 rings (SSSR count). The summed E-state index contributed by atoms with van der Waals surface area (Å²) in [5, 5.41) is 12.5. The van der Waals surface area contributed by atoms with Crippen LogP contribution in [-0.2, 0) is 0 Å². The molecule has 0 atom stereocenters. The van der Waals surface area contributed by atoms with Gasteiger partial charge in [-0.3, -0.25) is 4.79 Å². The van der Waals surface area contributed by atoms with Crippen LogP contribution in [0.3, 0.4) is 0 Å². The fraction of sp³-hybridized carbons (Fsp3) is 0. The summed E-state index contributed by atoms with van der Waals surface area (Å²) >= 11 is 1.25. The predicted octanol–water partition coefficient (Wildman–Crippen LogP) is 2.23. The fourth-order valence-corrected chi connectivity index (χ4v) is 1.79. The van der Waals surface area contributed by atoms with Gasteiger partial charge in [-0.2, -0.15) is 0 Å². The Balaban J connectivity index is 2.20. The quantitative estimate of drug-likeness (QED) is 0.892. The molecule has 0 aliphatic heterocycles. The molecule has 1 amide bonds. The number of carbonyl (C=O) groups excluding carboxylic acids is 1. The maximum absolute atomic E-state index is 13.5. The highest BCUT2D eigenvalue weighted by Crippen LogP contribution is 2.17. The number of nitrogens with one attached hydrogen (secondary N) is 1. The van der Waals surface area contributed by atoms with Gasteiger partial charge in [0, 0.05) is 5.38 Å². The zero-order valence-corrected chi connectivity index (χ0v) is 9.70. The lowest BCUT2D eigenvalue weighted by atomic mass is 10.2. The van der Waals surface area contributed by atoms with E-state index in [1.54, 1.807) is 0 Å². The molecule has 1 aromatic heterocycles. The summed E-state index contributed by atoms with van der Waals surface area (Å²) in [6.45, 7) is 0. The van der Waals surface area contributed by atoms with Gasteiger partial charge in [-0.1, -0.05) is 0 Å². The standard InChI is InChI=1S/C11H7FN2O3S/c12-7-3-6(11(16)17)1-2-8(7)14-10(15)9-4-18-5-13-9/h1-5H,(H,14,15)(H,16,17). The van der Waals surface area contributed by atoms with Crippen LogP contribution in [-0.4, -0.2) is 22.0 Å². The Labute approximate surface area is 105 Å². The summed E-state index contributed by atoms with van der Waals surface area (Å²) in [7, 11) is 0. The molecule has 0 unspecified atom stereocenters. The van der Waals surface area contributed by atoms with Crippen LogP contribution in [0.2, 0.25) is 0 Å². The van der Waals surface area contributed by atoms with Crippen LogP contribution >= 0.6 is 11.3 Å². The molecule has 92 valence electrons. The number of anilines is 1. The van der Waals surface area contributed by atoms with E-state index in [0.717, 1.165) is 6.07 Å². The van der Waals surface area contributed by atoms with Crippen molar-refractivity contribution in [1.29, 1.82) is 0 Å². The van der Waals surface area contributed by atoms with Crippen LogP contribution in [0.1, 0.15) is 20.8 Å². The highest BCUT2D eigenvalue weighted by atomic mass is 32.1. The van der Waals surface area contributed by atoms with Gasteiger partial charge in [0.15, 0.2) is 0 Å². The lowest BCUT2D eigenvalue weighted by molar-refractivity contribution is 0.0696. The molecule has 0 aliphatic rings. The van der Waals surface area contributed by atoms with Gasteiger partial charge in [-0.15, -0.1) is 11.3 Å². The van der Waals surface area contributed by atoms with E-state index in [9.17, 15) is 14.0 Å². The predicted molar refractivity (Wildman–Crippen MR) is 63.4 cm³/mol. The Bertz CT molecular complexity index is 598. The van der Waals surface area contributed by atoms with Crippen LogP contribution in [0.15, 0.2) is 29.1 Å². The number of rotatable bonds is 3. The number of nitrogens with zero attached hydrogens (tertiary/aromatic N) is 1. The molecular weight excluding hydrogens is 259 g/mol. The maximum atomic E-state index is 13.5. The third-order valence-electron chi connectivity index (χ3n) is 2.13. The molecule has 2 N–H and O–H groups in total. The van der Waals surface area contributed by atoms with Gasteiger partial charge in [0.25, 0.3) is 5.91 Å². The molecule has 0 bridgehead atoms. The first-order valence-electron chi connectivity index (χ1n) is 4.80. The molecule has 0 spiro atoms. The molecule has 7 heteroatoms. The molecule has 0 saturated carbocycles. The minimum atomic E-state index is -1.23. The fourth-order valence-electron chi connectivity index (χ4n) is 1.26. The minimum Gasteiger partial charge on any atom is -0.478 e. The molecule has 1 aromatic carbocycles. The van der Waals surface area contributed by atoms with Crippen molar-refractivity contribution < 1.29 is 19.1 Å². The summed E-state index contributed by atoms with van der Waals surface area (Å²) in [5.41, 5.74) is 1.40. The monoisotopic (exact) mass is 266 g/mol. The van der Waals surface area contributed by atoms with E-state index in [-0.39, 0.29) is 16.9 Å². The normalized spacial score (nSPS) is 10.1. The van der Waals surface area contributed by atoms with Crippen LogP contribution in [0.4, 0.5) is 10.1 Å². The Hall–Kier alpha value is -2.28. The van der Waals surface area contributed by atoms with Crippen molar-refractivity contribution in [2.75, 3.05) is 5.32 Å². The van der Waals surface area contributed by atoms with Crippen molar-refractivity contribution in [2.24, 2.45) is 0 Å². The Kier molecular flexibility index (Phi) is 3.33. The molecular formula is C11H7FN2O3S. The van der Waals surface area contributed by atoms with E-state index in [1.807, 2.05) is 0 Å². The lowest BCUT2D eigenvalue weighted by Gasteiger charge is -2.05. The first-order valence-corrected chi connectivity index (χ1v) is 5.74. The Morgan fingerprint density at radius 3 is 2.72 bits per heavy atom. The van der Waals surface area contributed by atoms with Gasteiger partial charge in [0.1, 0.15) is 11.5 Å². The van der Waals surface area contributed by atoms with Crippen LogP contribution in [0, 0.1) is 5.82 Å². The van der Waals surface area contributed by atoms with Gasteiger partial charge < -0.3 is 10.4 Å². The number of aromatic carboxylic acids is 1. The van der Waals surface area contributed by atoms with E-state index >= 15 is 0 Å². The van der Waals surface area contributed by atoms with Crippen molar-refractivity contribution in [2.45, 2.75) is 0 Å². The van der Waals surface area contributed by atoms with Crippen LogP contribution in [0.5, 0.6) is 0 Å². The Morgan fingerprint density at radius 1 is 1.39 bits per heavy atom. The van der Waals surface area contributed by atoms with Crippen LogP contribution < -0.4 is 5.32 Å². The number of amides is 1. The highest BCUT2D eigenvalue weighted by Gasteiger charge is 2.12. The molecule has 0 aliphatic carbocycles. The molecule has 0 saturated heterocycles. The van der Waals surface area contributed by atoms with E-state index < -0.39 is 17.7 Å². The van der Waals surface area contributed by atoms with E-state index in [2.05, 4.69) is 10.3 Å². The number of thiazole rings is 1. The maximum Gasteiger partial charge on any atom is 0.335 e. The van der Waals surface area contributed by atoms with Gasteiger partial charge >= 0.3 is 5.97 Å². The SMILES string of the molecule is O=C(O)c1ccc(NC(=O)c2cscn2)c(F)c1. The summed E-state index contributed by atoms with van der Waals surface area (Å²) in [6.07, 6.45) is 0. The summed E-state index contributed by atoms with van der Waals surface area (Å²) < 4.78 is 13.5. The third kappa shape index (κ3) is 2.51. The second-order valence-corrected chi connectivity index (χ2v) is 4.05. The van der Waals surface area contributed by atoms with E-state index in [0.29, 0.717) is 0 Å². The van der Waals surface area contributed by atoms with Gasteiger partial charge in [-0.25, -0.2) is 14.2 Å². The molecule has 0 fully saturated rings. The second kappa shape index (κ2) is 4.92.